The van der Waals surface area contributed by atoms with Gasteiger partial charge in [0.15, 0.2) is 0 Å². The van der Waals surface area contributed by atoms with Gasteiger partial charge in [0, 0.05) is 38.2 Å². The first-order chi connectivity index (χ1) is 28.3. The number of nitrogens with zero attached hydrogens (tertiary/aromatic N) is 3. The van der Waals surface area contributed by atoms with E-state index in [0.29, 0.717) is 5.92 Å². The van der Waals surface area contributed by atoms with Crippen LogP contribution in [0.4, 0.5) is 0 Å². The Hall–Kier alpha value is -4.98. The maximum Gasteiger partial charge on any atom is 0 e. The summed E-state index contributed by atoms with van der Waals surface area (Å²) >= 11 is -1.89. The van der Waals surface area contributed by atoms with E-state index in [1.807, 2.05) is 54.9 Å². The van der Waals surface area contributed by atoms with E-state index in [-0.39, 0.29) is 20.1 Å². The van der Waals surface area contributed by atoms with Crippen molar-refractivity contribution in [3.05, 3.63) is 164 Å². The van der Waals surface area contributed by atoms with Crippen molar-refractivity contribution in [2.75, 3.05) is 0 Å². The van der Waals surface area contributed by atoms with Crippen molar-refractivity contribution in [1.29, 1.82) is 0 Å². The van der Waals surface area contributed by atoms with Gasteiger partial charge in [0.25, 0.3) is 0 Å². The van der Waals surface area contributed by atoms with Gasteiger partial charge in [-0.3, -0.25) is 4.98 Å². The molecular formula is C53H51GeIrN3OSi-2. The Morgan fingerprint density at radius 3 is 2.10 bits per heavy atom. The number of fused-ring (bicyclic) bond motifs is 4. The standard InChI is InChI=1S/C32H26GeNO.C21H25N2Si.Ir/c1-33(2,3)24-17-15-22(16-18-24)25-19-20-27-26-12-9-13-28(29-14-7-8-21-34-29)31(26)35-32(27)30(25)23-10-5-4-6-11-23;1-15(2)10-17-12-20(23-14-21(17)24(3,4)5)18-11-16-8-6-7-9-19(16)22-13-18;/h4-12,14-21H,1-3H3;6-9,12-15H,10H2,1-5H3;/q2*-1;. The third-order valence-corrected chi connectivity index (χ3v) is 17.3. The van der Waals surface area contributed by atoms with Crippen molar-refractivity contribution in [2.24, 2.45) is 5.92 Å². The largest absolute Gasteiger partial charge is 0 e. The molecule has 0 aliphatic heterocycles. The molecular weight excluding hydrogens is 988 g/mol. The van der Waals surface area contributed by atoms with Crippen LogP contribution in [0.3, 0.4) is 0 Å². The Morgan fingerprint density at radius 1 is 0.683 bits per heavy atom. The number of furan rings is 1. The predicted octanol–water partition coefficient (Wildman–Crippen LogP) is 13.2. The van der Waals surface area contributed by atoms with Gasteiger partial charge in [0.05, 0.1) is 8.07 Å². The van der Waals surface area contributed by atoms with E-state index in [2.05, 4.69) is 164 Å². The van der Waals surface area contributed by atoms with E-state index in [1.165, 1.54) is 26.3 Å². The first-order valence-electron chi connectivity index (χ1n) is 20.6. The molecule has 0 N–H and O–H groups in total. The summed E-state index contributed by atoms with van der Waals surface area (Å²) in [6.07, 6.45) is 6.89. The van der Waals surface area contributed by atoms with Gasteiger partial charge < -0.3 is 4.98 Å². The Morgan fingerprint density at radius 2 is 1.40 bits per heavy atom. The van der Waals surface area contributed by atoms with Crippen LogP contribution in [0.15, 0.2) is 150 Å². The molecule has 4 heterocycles. The molecule has 0 amide bonds. The Labute approximate surface area is 372 Å². The smallest absolute Gasteiger partial charge is 0 e. The maximum absolute atomic E-state index is 6.70. The van der Waals surface area contributed by atoms with Gasteiger partial charge in [-0.25, -0.2) is 0 Å². The second-order valence-electron chi connectivity index (χ2n) is 17.9. The van der Waals surface area contributed by atoms with Gasteiger partial charge in [0.2, 0.25) is 0 Å². The van der Waals surface area contributed by atoms with Crippen LogP contribution in [0, 0.1) is 18.1 Å². The Bertz CT molecular complexity index is 2900. The number of hydrogen-bond donors (Lipinski definition) is 0. The van der Waals surface area contributed by atoms with E-state index in [1.54, 1.807) is 0 Å². The number of aromatic nitrogens is 3. The zero-order chi connectivity index (χ0) is 41.3. The molecule has 9 aromatic rings. The molecule has 5 aromatic carbocycles. The summed E-state index contributed by atoms with van der Waals surface area (Å²) in [7, 11) is -1.40. The molecule has 60 heavy (non-hydrogen) atoms. The molecule has 4 aromatic heterocycles. The molecule has 1 radical (unpaired) electrons. The molecule has 0 aliphatic carbocycles. The molecule has 0 spiro atoms. The van der Waals surface area contributed by atoms with E-state index >= 15 is 0 Å². The van der Waals surface area contributed by atoms with E-state index < -0.39 is 21.3 Å². The monoisotopic (exact) mass is 1040 g/mol. The Kier molecular flexibility index (Phi) is 12.9. The van der Waals surface area contributed by atoms with Crippen LogP contribution >= 0.6 is 0 Å². The summed E-state index contributed by atoms with van der Waals surface area (Å²) in [5.41, 5.74) is 12.5. The number of pyridine rings is 3. The molecule has 0 fully saturated rings. The van der Waals surface area contributed by atoms with Crippen molar-refractivity contribution in [2.45, 2.75) is 57.2 Å². The summed E-state index contributed by atoms with van der Waals surface area (Å²) in [4.78, 5) is 13.9. The van der Waals surface area contributed by atoms with Gasteiger partial charge >= 0.3 is 191 Å². The third kappa shape index (κ3) is 9.18. The summed E-state index contributed by atoms with van der Waals surface area (Å²) < 4.78 is 8.21. The zero-order valence-corrected chi connectivity index (χ0v) is 41.2. The third-order valence-electron chi connectivity index (χ3n) is 10.9. The van der Waals surface area contributed by atoms with Crippen LogP contribution in [0.5, 0.6) is 0 Å². The molecule has 0 bridgehead atoms. The van der Waals surface area contributed by atoms with Gasteiger partial charge in [-0.2, -0.15) is 0 Å². The van der Waals surface area contributed by atoms with Gasteiger partial charge in [-0.15, -0.1) is 12.1 Å². The van der Waals surface area contributed by atoms with Crippen molar-refractivity contribution in [3.63, 3.8) is 0 Å². The minimum absolute atomic E-state index is 0. The average molecular weight is 1040 g/mol. The molecule has 0 aliphatic rings. The van der Waals surface area contributed by atoms with Crippen molar-refractivity contribution < 1.29 is 24.5 Å². The average Bonchev–Trinajstić information content (AvgIpc) is 3.62. The number of hydrogen-bond acceptors (Lipinski definition) is 4. The second-order valence-corrected chi connectivity index (χ2v) is 33.6. The fourth-order valence-corrected chi connectivity index (χ4v) is 11.9. The van der Waals surface area contributed by atoms with Gasteiger partial charge in [-0.1, -0.05) is 80.3 Å². The molecule has 0 atom stereocenters. The van der Waals surface area contributed by atoms with Crippen LogP contribution in [0.2, 0.25) is 36.9 Å². The Balaban J connectivity index is 0.000000192. The topological polar surface area (TPSA) is 51.8 Å². The van der Waals surface area contributed by atoms with Crippen LogP contribution in [-0.2, 0) is 26.5 Å². The summed E-state index contributed by atoms with van der Waals surface area (Å²) in [5, 5.41) is 4.69. The van der Waals surface area contributed by atoms with Crippen LogP contribution in [-0.4, -0.2) is 36.3 Å². The molecule has 0 unspecified atom stereocenters. The second kappa shape index (κ2) is 17.9. The van der Waals surface area contributed by atoms with Crippen LogP contribution in [0.25, 0.3) is 77.6 Å². The van der Waals surface area contributed by atoms with E-state index in [0.717, 1.165) is 72.9 Å². The first-order valence-corrected chi connectivity index (χ1v) is 31.4. The first kappa shape index (κ1) is 43.1. The minimum atomic E-state index is -1.89. The van der Waals surface area contributed by atoms with Crippen LogP contribution in [0.1, 0.15) is 19.4 Å². The zero-order valence-electron chi connectivity index (χ0n) is 35.7. The van der Waals surface area contributed by atoms with Gasteiger partial charge in [-0.05, 0) is 35.3 Å². The fourth-order valence-electron chi connectivity index (χ4n) is 7.85. The van der Waals surface area contributed by atoms with Crippen molar-refractivity contribution >= 4 is 63.8 Å². The maximum atomic E-state index is 6.70. The SMILES string of the molecule is CC(C)Cc1cc(-c2[c-]c3ccccc3nc2)ncc1[Si](C)(C)C.[CH3][Ge]([CH3])([CH3])[c]1ccc(-c2ccc3c(oc4c(-c5ccccn5)[c-]ccc43)c2-c2ccccc2)cc1.[Ir]. The van der Waals surface area contributed by atoms with Crippen molar-refractivity contribution in [3.8, 4) is 44.8 Å². The van der Waals surface area contributed by atoms with Gasteiger partial charge in [0.1, 0.15) is 0 Å². The summed E-state index contributed by atoms with van der Waals surface area (Å²) in [6.45, 7) is 11.7. The summed E-state index contributed by atoms with van der Waals surface area (Å²) in [6, 6.07) is 51.3. The van der Waals surface area contributed by atoms with Crippen LogP contribution < -0.4 is 9.58 Å². The molecule has 4 nitrogen and oxygen atoms in total. The number of rotatable bonds is 8. The molecule has 0 saturated carbocycles. The quantitative estimate of drug-likeness (QED) is 0.112. The molecule has 7 heteroatoms. The van der Waals surface area contributed by atoms with Crippen molar-refractivity contribution in [1.82, 2.24) is 15.0 Å². The molecule has 0 saturated heterocycles. The van der Waals surface area contributed by atoms with E-state index in [9.17, 15) is 0 Å². The molecule has 303 valence electrons. The normalized spacial score (nSPS) is 11.8. The number of para-hydroxylation sites is 1. The predicted molar refractivity (Wildman–Crippen MR) is 255 cm³/mol. The molecule has 9 rings (SSSR count). The summed E-state index contributed by atoms with van der Waals surface area (Å²) in [5.74, 6) is 7.93. The number of benzene rings is 5. The van der Waals surface area contributed by atoms with E-state index in [4.69, 9.17) is 9.40 Å². The minimum Gasteiger partial charge on any atom is 0 e. The fraction of sp³-hybridized carbons (Fsp3) is 0.189.